The van der Waals surface area contributed by atoms with Gasteiger partial charge in [-0.2, -0.15) is 11.8 Å². The summed E-state index contributed by atoms with van der Waals surface area (Å²) in [7, 11) is 2.23. The average molecular weight is 216 g/mol. The topological polar surface area (TPSA) is 15.3 Å². The van der Waals surface area contributed by atoms with Crippen LogP contribution < -0.4 is 5.32 Å². The van der Waals surface area contributed by atoms with E-state index in [9.17, 15) is 0 Å². The Kier molecular flexibility index (Phi) is 5.90. The quantitative estimate of drug-likeness (QED) is 0.706. The Balaban J connectivity index is 2.07. The number of nitrogens with one attached hydrogen (secondary N) is 1. The van der Waals surface area contributed by atoms with Crippen LogP contribution in [-0.4, -0.2) is 48.6 Å². The second kappa shape index (κ2) is 6.70. The van der Waals surface area contributed by atoms with E-state index in [2.05, 4.69) is 31.1 Å². The summed E-state index contributed by atoms with van der Waals surface area (Å²) in [5.41, 5.74) is 0. The first kappa shape index (κ1) is 12.3. The van der Waals surface area contributed by atoms with Gasteiger partial charge < -0.3 is 10.2 Å². The third-order valence-corrected chi connectivity index (χ3v) is 3.99. The molecule has 1 N–H and O–H groups in total. The minimum atomic E-state index is 0.750. The Hall–Kier alpha value is 0.270. The Morgan fingerprint density at radius 3 is 2.93 bits per heavy atom. The minimum Gasteiger partial charge on any atom is -0.313 e. The molecule has 14 heavy (non-hydrogen) atoms. The summed E-state index contributed by atoms with van der Waals surface area (Å²) in [6.07, 6.45) is 2.63. The standard InChI is InChI=1S/C11H24N2S/c1-4-14-8-6-12-11-5-7-13(3)10(2)9-11/h10-12H,4-9H2,1-3H3. The van der Waals surface area contributed by atoms with Gasteiger partial charge in [0.15, 0.2) is 0 Å². The monoisotopic (exact) mass is 216 g/mol. The molecule has 1 aliphatic rings. The minimum absolute atomic E-state index is 0.750. The molecule has 1 saturated heterocycles. The Bertz CT molecular complexity index is 152. The maximum Gasteiger partial charge on any atom is 0.00943 e. The maximum atomic E-state index is 3.66. The van der Waals surface area contributed by atoms with Crippen molar-refractivity contribution < 1.29 is 0 Å². The van der Waals surface area contributed by atoms with Gasteiger partial charge in [-0.3, -0.25) is 0 Å². The molecule has 1 aliphatic heterocycles. The molecule has 1 rings (SSSR count). The summed E-state index contributed by atoms with van der Waals surface area (Å²) in [5, 5.41) is 3.66. The van der Waals surface area contributed by atoms with Crippen LogP contribution in [-0.2, 0) is 0 Å². The van der Waals surface area contributed by atoms with E-state index in [-0.39, 0.29) is 0 Å². The van der Waals surface area contributed by atoms with Gasteiger partial charge in [0.2, 0.25) is 0 Å². The van der Waals surface area contributed by atoms with Crippen LogP contribution in [0.4, 0.5) is 0 Å². The number of hydrogen-bond acceptors (Lipinski definition) is 3. The lowest BCUT2D eigenvalue weighted by Crippen LogP contribution is -2.46. The van der Waals surface area contributed by atoms with Crippen molar-refractivity contribution in [3.8, 4) is 0 Å². The molecular weight excluding hydrogens is 192 g/mol. The third kappa shape index (κ3) is 4.20. The predicted molar refractivity (Wildman–Crippen MR) is 66.1 cm³/mol. The number of rotatable bonds is 5. The summed E-state index contributed by atoms with van der Waals surface area (Å²) < 4.78 is 0. The fourth-order valence-corrected chi connectivity index (χ4v) is 2.51. The van der Waals surface area contributed by atoms with Crippen LogP contribution in [0, 0.1) is 0 Å². The van der Waals surface area contributed by atoms with E-state index in [0.717, 1.165) is 12.1 Å². The second-order valence-corrected chi connectivity index (χ2v) is 5.60. The van der Waals surface area contributed by atoms with Gasteiger partial charge in [0.1, 0.15) is 0 Å². The lowest BCUT2D eigenvalue weighted by molar-refractivity contribution is 0.170. The van der Waals surface area contributed by atoms with Gasteiger partial charge >= 0.3 is 0 Å². The van der Waals surface area contributed by atoms with Gasteiger partial charge in [0.25, 0.3) is 0 Å². The van der Waals surface area contributed by atoms with E-state index in [4.69, 9.17) is 0 Å². The summed E-state index contributed by atoms with van der Waals surface area (Å²) in [5.74, 6) is 2.50. The number of hydrogen-bond donors (Lipinski definition) is 1. The first-order valence-corrected chi connectivity index (χ1v) is 6.91. The number of thioether (sulfide) groups is 1. The van der Waals surface area contributed by atoms with Gasteiger partial charge in [0, 0.05) is 24.4 Å². The van der Waals surface area contributed by atoms with Gasteiger partial charge in [-0.15, -0.1) is 0 Å². The lowest BCUT2D eigenvalue weighted by atomic mass is 9.99. The van der Waals surface area contributed by atoms with Gasteiger partial charge in [0.05, 0.1) is 0 Å². The largest absolute Gasteiger partial charge is 0.313 e. The summed E-state index contributed by atoms with van der Waals surface area (Å²) >= 11 is 2.03. The van der Waals surface area contributed by atoms with E-state index in [1.54, 1.807) is 0 Å². The molecule has 0 spiro atoms. The molecule has 0 amide bonds. The van der Waals surface area contributed by atoms with Crippen molar-refractivity contribution in [2.75, 3.05) is 31.6 Å². The Morgan fingerprint density at radius 2 is 2.29 bits per heavy atom. The van der Waals surface area contributed by atoms with Crippen LogP contribution in [0.5, 0.6) is 0 Å². The second-order valence-electron chi connectivity index (χ2n) is 4.20. The molecule has 3 heteroatoms. The molecule has 84 valence electrons. The van der Waals surface area contributed by atoms with E-state index in [0.29, 0.717) is 0 Å². The van der Waals surface area contributed by atoms with Crippen molar-refractivity contribution in [1.29, 1.82) is 0 Å². The van der Waals surface area contributed by atoms with Gasteiger partial charge in [-0.1, -0.05) is 6.92 Å². The van der Waals surface area contributed by atoms with Crippen LogP contribution in [0.3, 0.4) is 0 Å². The highest BCUT2D eigenvalue weighted by molar-refractivity contribution is 7.99. The maximum absolute atomic E-state index is 3.66. The van der Waals surface area contributed by atoms with Crippen molar-refractivity contribution in [1.82, 2.24) is 10.2 Å². The molecular formula is C11H24N2S. The highest BCUT2D eigenvalue weighted by Crippen LogP contribution is 2.15. The summed E-state index contributed by atoms with van der Waals surface area (Å²) in [6, 6.07) is 1.51. The Labute approximate surface area is 92.8 Å². The molecule has 0 bridgehead atoms. The van der Waals surface area contributed by atoms with Crippen LogP contribution in [0.1, 0.15) is 26.7 Å². The highest BCUT2D eigenvalue weighted by atomic mass is 32.2. The zero-order valence-corrected chi connectivity index (χ0v) is 10.6. The summed E-state index contributed by atoms with van der Waals surface area (Å²) in [4.78, 5) is 2.46. The van der Waals surface area contributed by atoms with Crippen molar-refractivity contribution >= 4 is 11.8 Å². The molecule has 0 saturated carbocycles. The van der Waals surface area contributed by atoms with Crippen LogP contribution in [0.2, 0.25) is 0 Å². The number of piperidine rings is 1. The molecule has 0 aromatic carbocycles. The van der Waals surface area contributed by atoms with Crippen molar-refractivity contribution in [3.05, 3.63) is 0 Å². The van der Waals surface area contributed by atoms with Crippen molar-refractivity contribution in [2.45, 2.75) is 38.8 Å². The SMILES string of the molecule is CCSCCNC1CCN(C)C(C)C1. The first-order chi connectivity index (χ1) is 6.74. The van der Waals surface area contributed by atoms with Gasteiger partial charge in [-0.25, -0.2) is 0 Å². The first-order valence-electron chi connectivity index (χ1n) is 5.75. The third-order valence-electron chi connectivity index (χ3n) is 3.09. The molecule has 2 atom stereocenters. The number of nitrogens with zero attached hydrogens (tertiary/aromatic N) is 1. The fraction of sp³-hybridized carbons (Fsp3) is 1.00. The molecule has 1 heterocycles. The molecule has 1 fully saturated rings. The molecule has 0 aromatic rings. The number of likely N-dealkylation sites (tertiary alicyclic amines) is 1. The van der Waals surface area contributed by atoms with E-state index < -0.39 is 0 Å². The lowest BCUT2D eigenvalue weighted by Gasteiger charge is -2.35. The normalized spacial score (nSPS) is 29.4. The van der Waals surface area contributed by atoms with E-state index >= 15 is 0 Å². The zero-order valence-electron chi connectivity index (χ0n) is 9.75. The van der Waals surface area contributed by atoms with E-state index in [1.165, 1.54) is 37.4 Å². The highest BCUT2D eigenvalue weighted by Gasteiger charge is 2.21. The van der Waals surface area contributed by atoms with Crippen LogP contribution in [0.15, 0.2) is 0 Å². The smallest absolute Gasteiger partial charge is 0.00943 e. The van der Waals surface area contributed by atoms with Crippen molar-refractivity contribution in [2.24, 2.45) is 0 Å². The molecule has 0 radical (unpaired) electrons. The van der Waals surface area contributed by atoms with E-state index in [1.807, 2.05) is 11.8 Å². The Morgan fingerprint density at radius 1 is 1.50 bits per heavy atom. The molecule has 2 nitrogen and oxygen atoms in total. The molecule has 0 aromatic heterocycles. The fourth-order valence-electron chi connectivity index (χ4n) is 1.95. The zero-order chi connectivity index (χ0) is 10.4. The predicted octanol–water partition coefficient (Wildman–Crippen LogP) is 1.81. The van der Waals surface area contributed by atoms with Gasteiger partial charge in [-0.05, 0) is 39.1 Å². The molecule has 2 unspecified atom stereocenters. The summed E-state index contributed by atoms with van der Waals surface area (Å²) in [6.45, 7) is 6.98. The van der Waals surface area contributed by atoms with Crippen LogP contribution >= 0.6 is 11.8 Å². The van der Waals surface area contributed by atoms with Crippen molar-refractivity contribution in [3.63, 3.8) is 0 Å². The average Bonchev–Trinajstić information content (AvgIpc) is 2.18. The van der Waals surface area contributed by atoms with Crippen LogP contribution in [0.25, 0.3) is 0 Å². The molecule has 0 aliphatic carbocycles.